The van der Waals surface area contributed by atoms with Crippen molar-refractivity contribution in [2.75, 3.05) is 13.2 Å². The maximum Gasteiger partial charge on any atom is 0.170 e. The Balaban J connectivity index is 1.79. The van der Waals surface area contributed by atoms with Crippen LogP contribution < -0.4 is 5.73 Å². The molecule has 1 saturated heterocycles. The average Bonchev–Trinajstić information content (AvgIpc) is 2.55. The van der Waals surface area contributed by atoms with E-state index in [1.807, 2.05) is 18.2 Å². The summed E-state index contributed by atoms with van der Waals surface area (Å²) in [5.74, 6) is 0.180. The third kappa shape index (κ3) is 3.04. The molecule has 1 heterocycles. The number of hydrogen-bond acceptors (Lipinski definition) is 4. The van der Waals surface area contributed by atoms with Gasteiger partial charge in [0.2, 0.25) is 0 Å². The molecule has 2 aliphatic rings. The Morgan fingerprint density at radius 2 is 2.14 bits per heavy atom. The van der Waals surface area contributed by atoms with Crippen LogP contribution in [0.1, 0.15) is 36.8 Å². The average molecular weight is 289 g/mol. The number of benzene rings is 1. The lowest BCUT2D eigenvalue weighted by atomic mass is 9.89. The number of fused-ring (bicyclic) bond motifs is 1. The monoisotopic (exact) mass is 289 g/mol. The number of morpholine rings is 1. The van der Waals surface area contributed by atoms with E-state index in [0.29, 0.717) is 12.1 Å². The molecule has 0 spiro atoms. The summed E-state index contributed by atoms with van der Waals surface area (Å²) >= 11 is 0. The molecular weight excluding hydrogens is 266 g/mol. The van der Waals surface area contributed by atoms with Crippen molar-refractivity contribution in [1.82, 2.24) is 4.90 Å². The molecule has 21 heavy (non-hydrogen) atoms. The molecule has 5 heteroatoms. The second-order valence-corrected chi connectivity index (χ2v) is 5.87. The van der Waals surface area contributed by atoms with Crippen molar-refractivity contribution in [3.05, 3.63) is 35.4 Å². The molecule has 1 aliphatic carbocycles. The Morgan fingerprint density at radius 3 is 3.00 bits per heavy atom. The number of amidine groups is 1. The van der Waals surface area contributed by atoms with Gasteiger partial charge in [-0.1, -0.05) is 42.3 Å². The number of nitrogens with two attached hydrogens (primary N) is 1. The minimum atomic E-state index is 0.180. The predicted octanol–water partition coefficient (Wildman–Crippen LogP) is 1.92. The van der Waals surface area contributed by atoms with Crippen molar-refractivity contribution in [1.29, 1.82) is 0 Å². The highest BCUT2D eigenvalue weighted by Gasteiger charge is 2.34. The number of nitrogens with zero attached hydrogens (tertiary/aromatic N) is 2. The summed E-state index contributed by atoms with van der Waals surface area (Å²) in [5.41, 5.74) is 7.72. The van der Waals surface area contributed by atoms with E-state index in [-0.39, 0.29) is 5.84 Å². The topological polar surface area (TPSA) is 71.1 Å². The molecule has 0 bridgehead atoms. The van der Waals surface area contributed by atoms with Crippen molar-refractivity contribution in [2.24, 2.45) is 10.9 Å². The van der Waals surface area contributed by atoms with Gasteiger partial charge in [0, 0.05) is 24.7 Å². The zero-order valence-electron chi connectivity index (χ0n) is 12.2. The summed E-state index contributed by atoms with van der Waals surface area (Å²) in [7, 11) is 0. The lowest BCUT2D eigenvalue weighted by Gasteiger charge is -2.44. The van der Waals surface area contributed by atoms with Crippen molar-refractivity contribution in [2.45, 2.75) is 44.4 Å². The summed E-state index contributed by atoms with van der Waals surface area (Å²) < 4.78 is 5.92. The van der Waals surface area contributed by atoms with Gasteiger partial charge in [0.15, 0.2) is 5.84 Å². The van der Waals surface area contributed by atoms with Crippen LogP contribution in [0.25, 0.3) is 0 Å². The van der Waals surface area contributed by atoms with Gasteiger partial charge in [0.05, 0.1) is 12.7 Å². The number of rotatable bonds is 3. The van der Waals surface area contributed by atoms with Crippen molar-refractivity contribution >= 4 is 5.84 Å². The Morgan fingerprint density at radius 1 is 1.33 bits per heavy atom. The molecule has 2 fully saturated rings. The van der Waals surface area contributed by atoms with E-state index in [9.17, 15) is 0 Å². The molecule has 114 valence electrons. The third-order valence-electron chi connectivity index (χ3n) is 4.62. The first kappa shape index (κ1) is 14.4. The molecule has 0 aromatic heterocycles. The zero-order valence-corrected chi connectivity index (χ0v) is 12.2. The smallest absolute Gasteiger partial charge is 0.170 e. The minimum Gasteiger partial charge on any atom is -0.409 e. The van der Waals surface area contributed by atoms with Crippen molar-refractivity contribution in [3.8, 4) is 0 Å². The van der Waals surface area contributed by atoms with Gasteiger partial charge in [-0.2, -0.15) is 0 Å². The Hall–Kier alpha value is -1.59. The summed E-state index contributed by atoms with van der Waals surface area (Å²) in [6, 6.07) is 8.39. The van der Waals surface area contributed by atoms with Crippen LogP contribution in [0.3, 0.4) is 0 Å². The third-order valence-corrected chi connectivity index (χ3v) is 4.62. The molecule has 3 rings (SSSR count). The largest absolute Gasteiger partial charge is 0.409 e. The second kappa shape index (κ2) is 6.45. The maximum absolute atomic E-state index is 8.94. The number of ether oxygens (including phenoxy) is 1. The predicted molar refractivity (Wildman–Crippen MR) is 81.4 cm³/mol. The highest BCUT2D eigenvalue weighted by atomic mass is 16.5. The summed E-state index contributed by atoms with van der Waals surface area (Å²) in [5, 5.41) is 12.1. The fraction of sp³-hybridized carbons (Fsp3) is 0.562. The summed E-state index contributed by atoms with van der Waals surface area (Å²) in [6.07, 6.45) is 5.31. The SMILES string of the molecule is NC(=NO)c1ccccc1CN1CCOC2CCCCC21. The van der Waals surface area contributed by atoms with Gasteiger partial charge in [-0.25, -0.2) is 0 Å². The van der Waals surface area contributed by atoms with Crippen LogP contribution in [0.15, 0.2) is 29.4 Å². The first-order valence-corrected chi connectivity index (χ1v) is 7.71. The fourth-order valence-corrected chi connectivity index (χ4v) is 3.55. The van der Waals surface area contributed by atoms with Crippen molar-refractivity contribution < 1.29 is 9.94 Å². The van der Waals surface area contributed by atoms with Crippen LogP contribution >= 0.6 is 0 Å². The molecule has 1 aromatic carbocycles. The first-order valence-electron chi connectivity index (χ1n) is 7.71. The standard InChI is InChI=1S/C16H23N3O2/c17-16(18-20)13-6-2-1-5-12(13)11-19-9-10-21-15-8-4-3-7-14(15)19/h1-2,5-6,14-15,20H,3-4,7-11H2,(H2,17,18). The fourth-order valence-electron chi connectivity index (χ4n) is 3.55. The van der Waals surface area contributed by atoms with Gasteiger partial charge in [-0.15, -0.1) is 0 Å². The van der Waals surface area contributed by atoms with Crippen LogP contribution in [0.4, 0.5) is 0 Å². The van der Waals surface area contributed by atoms with E-state index in [1.165, 1.54) is 25.7 Å². The van der Waals surface area contributed by atoms with E-state index in [1.54, 1.807) is 0 Å². The normalized spacial score (nSPS) is 27.3. The summed E-state index contributed by atoms with van der Waals surface area (Å²) in [4.78, 5) is 2.50. The molecule has 1 aromatic rings. The molecule has 0 amide bonds. The van der Waals surface area contributed by atoms with Gasteiger partial charge in [0.1, 0.15) is 0 Å². The molecule has 3 N–H and O–H groups in total. The summed E-state index contributed by atoms with van der Waals surface area (Å²) in [6.45, 7) is 2.58. The second-order valence-electron chi connectivity index (χ2n) is 5.87. The Kier molecular flexibility index (Phi) is 4.41. The molecular formula is C16H23N3O2. The number of hydrogen-bond donors (Lipinski definition) is 2. The van der Waals surface area contributed by atoms with Gasteiger partial charge >= 0.3 is 0 Å². The molecule has 0 radical (unpaired) electrons. The molecule has 1 aliphatic heterocycles. The van der Waals surface area contributed by atoms with E-state index in [4.69, 9.17) is 15.7 Å². The van der Waals surface area contributed by atoms with Gasteiger partial charge in [-0.3, -0.25) is 4.90 Å². The molecule has 1 saturated carbocycles. The molecule has 5 nitrogen and oxygen atoms in total. The molecule has 2 atom stereocenters. The Bertz CT molecular complexity index is 516. The van der Waals surface area contributed by atoms with Gasteiger partial charge in [0.25, 0.3) is 0 Å². The van der Waals surface area contributed by atoms with E-state index >= 15 is 0 Å². The van der Waals surface area contributed by atoms with E-state index < -0.39 is 0 Å². The van der Waals surface area contributed by atoms with Gasteiger partial charge < -0.3 is 15.7 Å². The van der Waals surface area contributed by atoms with E-state index in [0.717, 1.165) is 30.8 Å². The first-order chi connectivity index (χ1) is 10.3. The minimum absolute atomic E-state index is 0.180. The van der Waals surface area contributed by atoms with Crippen LogP contribution in [-0.2, 0) is 11.3 Å². The Labute approximate surface area is 125 Å². The van der Waals surface area contributed by atoms with Crippen LogP contribution in [-0.4, -0.2) is 41.2 Å². The van der Waals surface area contributed by atoms with Gasteiger partial charge in [-0.05, 0) is 18.4 Å². The zero-order chi connectivity index (χ0) is 14.7. The van der Waals surface area contributed by atoms with Crippen LogP contribution in [0.5, 0.6) is 0 Å². The van der Waals surface area contributed by atoms with Crippen LogP contribution in [0.2, 0.25) is 0 Å². The highest BCUT2D eigenvalue weighted by molar-refractivity contribution is 5.98. The lowest BCUT2D eigenvalue weighted by Crippen LogP contribution is -2.52. The van der Waals surface area contributed by atoms with E-state index in [2.05, 4.69) is 16.1 Å². The highest BCUT2D eigenvalue weighted by Crippen LogP contribution is 2.29. The van der Waals surface area contributed by atoms with Crippen molar-refractivity contribution in [3.63, 3.8) is 0 Å². The van der Waals surface area contributed by atoms with Crippen LogP contribution in [0, 0.1) is 0 Å². The molecule has 2 unspecified atom stereocenters. The quantitative estimate of drug-likeness (QED) is 0.386. The number of oxime groups is 1. The lowest BCUT2D eigenvalue weighted by molar-refractivity contribution is -0.0911. The maximum atomic E-state index is 8.94.